The molecule has 0 aromatic heterocycles. The Kier molecular flexibility index (Phi) is 4.62. The molecule has 7 nitrogen and oxygen atoms in total. The molecule has 0 saturated carbocycles. The summed E-state index contributed by atoms with van der Waals surface area (Å²) in [4.78, 5) is 9.97. The monoisotopic (exact) mass is 273 g/mol. The summed E-state index contributed by atoms with van der Waals surface area (Å²) in [5.74, 6) is 0. The van der Waals surface area contributed by atoms with Gasteiger partial charge in [0.15, 0.2) is 0 Å². The first-order valence-electron chi connectivity index (χ1n) is 5.23. The first-order chi connectivity index (χ1) is 8.28. The molecule has 1 rings (SSSR count). The van der Waals surface area contributed by atoms with E-state index in [0.717, 1.165) is 6.26 Å². The van der Waals surface area contributed by atoms with Crippen LogP contribution in [0.3, 0.4) is 0 Å². The summed E-state index contributed by atoms with van der Waals surface area (Å²) >= 11 is 0. The number of benzene rings is 1. The number of non-ortho nitro benzene ring substituents is 1. The van der Waals surface area contributed by atoms with Gasteiger partial charge in [0.05, 0.1) is 11.2 Å². The van der Waals surface area contributed by atoms with Crippen molar-refractivity contribution in [3.05, 3.63) is 34.4 Å². The minimum Gasteiger partial charge on any atom is -0.383 e. The lowest BCUT2D eigenvalue weighted by atomic mass is 10.2. The Morgan fingerprint density at radius 1 is 1.33 bits per heavy atom. The van der Waals surface area contributed by atoms with Gasteiger partial charge in [-0.3, -0.25) is 10.1 Å². The number of nitro groups is 1. The molecule has 1 aromatic carbocycles. The quantitative estimate of drug-likeness (QED) is 0.593. The number of sulfonamides is 1. The van der Waals surface area contributed by atoms with Gasteiger partial charge >= 0.3 is 0 Å². The lowest BCUT2D eigenvalue weighted by Gasteiger charge is -2.13. The maximum Gasteiger partial charge on any atom is 0.269 e. The van der Waals surface area contributed by atoms with Gasteiger partial charge in [-0.15, -0.1) is 0 Å². The van der Waals surface area contributed by atoms with E-state index in [1.54, 1.807) is 19.1 Å². The maximum absolute atomic E-state index is 11.0. The van der Waals surface area contributed by atoms with Gasteiger partial charge in [0, 0.05) is 30.4 Å². The smallest absolute Gasteiger partial charge is 0.269 e. The first-order valence-corrected chi connectivity index (χ1v) is 7.13. The lowest BCUT2D eigenvalue weighted by molar-refractivity contribution is -0.384. The third-order valence-electron chi connectivity index (χ3n) is 2.11. The predicted octanol–water partition coefficient (Wildman–Crippen LogP) is 0.944. The topological polar surface area (TPSA) is 101 Å². The van der Waals surface area contributed by atoms with E-state index in [0.29, 0.717) is 12.2 Å². The Hall–Kier alpha value is -1.67. The predicted molar refractivity (Wildman–Crippen MR) is 69.0 cm³/mol. The number of nitrogens with one attached hydrogen (secondary N) is 2. The molecule has 18 heavy (non-hydrogen) atoms. The van der Waals surface area contributed by atoms with E-state index in [1.807, 2.05) is 0 Å². The molecule has 0 amide bonds. The van der Waals surface area contributed by atoms with Crippen LogP contribution in [-0.2, 0) is 10.0 Å². The number of nitrogens with zero attached hydrogens (tertiary/aromatic N) is 1. The van der Waals surface area contributed by atoms with Gasteiger partial charge in [0.1, 0.15) is 0 Å². The minimum absolute atomic E-state index is 0.0165. The van der Waals surface area contributed by atoms with Gasteiger partial charge in [-0.05, 0) is 19.1 Å². The summed E-state index contributed by atoms with van der Waals surface area (Å²) in [6, 6.07) is 5.65. The molecule has 0 radical (unpaired) electrons. The van der Waals surface area contributed by atoms with E-state index >= 15 is 0 Å². The maximum atomic E-state index is 11.0. The van der Waals surface area contributed by atoms with Crippen LogP contribution in [0.25, 0.3) is 0 Å². The van der Waals surface area contributed by atoms with E-state index in [1.165, 1.54) is 12.1 Å². The van der Waals surface area contributed by atoms with Crippen molar-refractivity contribution < 1.29 is 13.3 Å². The van der Waals surface area contributed by atoms with Crippen LogP contribution in [0.1, 0.15) is 6.92 Å². The van der Waals surface area contributed by atoms with Crippen molar-refractivity contribution in [2.24, 2.45) is 0 Å². The SMILES string of the molecule is C[C@H](CNc1ccc([N+](=O)[O-])cc1)NS(C)(=O)=O. The van der Waals surface area contributed by atoms with E-state index in [4.69, 9.17) is 0 Å². The highest BCUT2D eigenvalue weighted by Gasteiger charge is 2.08. The molecule has 0 spiro atoms. The third kappa shape index (κ3) is 5.11. The molecule has 8 heteroatoms. The number of nitro benzene ring substituents is 1. The van der Waals surface area contributed by atoms with Gasteiger partial charge < -0.3 is 5.32 Å². The summed E-state index contributed by atoms with van der Waals surface area (Å²) < 4.78 is 24.3. The molecule has 0 heterocycles. The molecule has 100 valence electrons. The fourth-order valence-electron chi connectivity index (χ4n) is 1.38. The number of hydrogen-bond donors (Lipinski definition) is 2. The Morgan fingerprint density at radius 2 is 1.89 bits per heavy atom. The average Bonchev–Trinajstić information content (AvgIpc) is 2.24. The molecular weight excluding hydrogens is 258 g/mol. The van der Waals surface area contributed by atoms with Crippen molar-refractivity contribution in [1.82, 2.24) is 4.72 Å². The zero-order valence-corrected chi connectivity index (χ0v) is 10.9. The van der Waals surface area contributed by atoms with Gasteiger partial charge in [0.25, 0.3) is 5.69 Å². The van der Waals surface area contributed by atoms with Crippen molar-refractivity contribution in [2.75, 3.05) is 18.1 Å². The minimum atomic E-state index is -3.23. The van der Waals surface area contributed by atoms with Crippen molar-refractivity contribution in [3.63, 3.8) is 0 Å². The van der Waals surface area contributed by atoms with Gasteiger partial charge in [0.2, 0.25) is 10.0 Å². The zero-order chi connectivity index (χ0) is 13.8. The molecule has 1 aromatic rings. The highest BCUT2D eigenvalue weighted by molar-refractivity contribution is 7.88. The van der Waals surface area contributed by atoms with Crippen LogP contribution in [0, 0.1) is 10.1 Å². The highest BCUT2D eigenvalue weighted by atomic mass is 32.2. The second-order valence-electron chi connectivity index (χ2n) is 3.98. The van der Waals surface area contributed by atoms with Crippen molar-refractivity contribution in [3.8, 4) is 0 Å². The van der Waals surface area contributed by atoms with Crippen LogP contribution in [0.4, 0.5) is 11.4 Å². The fraction of sp³-hybridized carbons (Fsp3) is 0.400. The Morgan fingerprint density at radius 3 is 2.33 bits per heavy atom. The number of hydrogen-bond acceptors (Lipinski definition) is 5. The van der Waals surface area contributed by atoms with E-state index in [2.05, 4.69) is 10.0 Å². The van der Waals surface area contributed by atoms with E-state index in [-0.39, 0.29) is 11.7 Å². The van der Waals surface area contributed by atoms with Crippen LogP contribution in [0.15, 0.2) is 24.3 Å². The summed E-state index contributed by atoms with van der Waals surface area (Å²) in [6.45, 7) is 2.12. The Balaban J connectivity index is 2.51. The van der Waals surface area contributed by atoms with Crippen LogP contribution < -0.4 is 10.0 Å². The Bertz CT molecular complexity index is 512. The second-order valence-corrected chi connectivity index (χ2v) is 5.76. The highest BCUT2D eigenvalue weighted by Crippen LogP contribution is 2.15. The summed E-state index contributed by atoms with van der Waals surface area (Å²) in [5, 5.41) is 13.4. The fourth-order valence-corrected chi connectivity index (χ4v) is 2.19. The molecule has 0 aliphatic carbocycles. The number of anilines is 1. The summed E-state index contributed by atoms with van der Waals surface area (Å²) in [6.07, 6.45) is 1.09. The molecule has 0 saturated heterocycles. The largest absolute Gasteiger partial charge is 0.383 e. The summed E-state index contributed by atoms with van der Waals surface area (Å²) in [7, 11) is -3.23. The summed E-state index contributed by atoms with van der Waals surface area (Å²) in [5.41, 5.74) is 0.714. The van der Waals surface area contributed by atoms with Crippen molar-refractivity contribution >= 4 is 21.4 Å². The molecule has 0 aliphatic rings. The molecule has 2 N–H and O–H groups in total. The second kappa shape index (κ2) is 5.78. The molecule has 1 atom stereocenters. The first kappa shape index (κ1) is 14.4. The molecule has 0 aliphatic heterocycles. The van der Waals surface area contributed by atoms with Crippen molar-refractivity contribution in [1.29, 1.82) is 0 Å². The van der Waals surface area contributed by atoms with E-state index < -0.39 is 14.9 Å². The third-order valence-corrected chi connectivity index (χ3v) is 2.94. The van der Waals surface area contributed by atoms with Gasteiger partial charge in [-0.25, -0.2) is 13.1 Å². The van der Waals surface area contributed by atoms with Crippen molar-refractivity contribution in [2.45, 2.75) is 13.0 Å². The lowest BCUT2D eigenvalue weighted by Crippen LogP contribution is -2.36. The molecule has 0 bridgehead atoms. The zero-order valence-electron chi connectivity index (χ0n) is 10.1. The standard InChI is InChI=1S/C10H15N3O4S/c1-8(12-18(2,16)17)7-11-9-3-5-10(6-4-9)13(14)15/h3-6,8,11-12H,7H2,1-2H3/t8-/m1/s1. The Labute approximate surface area is 105 Å². The van der Waals surface area contributed by atoms with Crippen LogP contribution >= 0.6 is 0 Å². The van der Waals surface area contributed by atoms with E-state index in [9.17, 15) is 18.5 Å². The van der Waals surface area contributed by atoms with Gasteiger partial charge in [-0.1, -0.05) is 0 Å². The van der Waals surface area contributed by atoms with Crippen LogP contribution in [0.2, 0.25) is 0 Å². The van der Waals surface area contributed by atoms with Crippen LogP contribution in [-0.4, -0.2) is 32.2 Å². The number of rotatable bonds is 6. The molecule has 0 unspecified atom stereocenters. The molecule has 0 fully saturated rings. The van der Waals surface area contributed by atoms with Crippen LogP contribution in [0.5, 0.6) is 0 Å². The average molecular weight is 273 g/mol. The normalized spacial score (nSPS) is 13.0. The molecular formula is C10H15N3O4S. The van der Waals surface area contributed by atoms with Gasteiger partial charge in [-0.2, -0.15) is 0 Å².